The molecule has 1 N–H and O–H groups in total. The maximum Gasteiger partial charge on any atom is 0.227 e. The quantitative estimate of drug-likeness (QED) is 0.808. The van der Waals surface area contributed by atoms with Crippen LogP contribution in [-0.4, -0.2) is 24.5 Å². The molecule has 0 saturated heterocycles. The van der Waals surface area contributed by atoms with E-state index < -0.39 is 0 Å². The number of rotatable bonds is 5. The standard InChI is InChI=1S/C20H21BrN2O3/c1-14-13-23(17-7-2-3-8-18(17)26-14)20(25)10-9-19(24)22-12-15-5-4-6-16(21)11-15/h2-8,11,14H,9-10,12-13H2,1H3,(H,22,24)/t14-/m0/s1. The van der Waals surface area contributed by atoms with E-state index in [1.54, 1.807) is 4.90 Å². The van der Waals surface area contributed by atoms with E-state index in [1.807, 2.05) is 55.5 Å². The number of carbonyl (C=O) groups excluding carboxylic acids is 2. The van der Waals surface area contributed by atoms with Gasteiger partial charge in [-0.1, -0.05) is 40.2 Å². The molecule has 3 rings (SSSR count). The summed E-state index contributed by atoms with van der Waals surface area (Å²) in [4.78, 5) is 26.4. The number of hydrogen-bond donors (Lipinski definition) is 1. The van der Waals surface area contributed by atoms with Gasteiger partial charge >= 0.3 is 0 Å². The first kappa shape index (κ1) is 18.5. The van der Waals surface area contributed by atoms with E-state index in [0.717, 1.165) is 15.7 Å². The Morgan fingerprint density at radius 1 is 1.19 bits per heavy atom. The first-order valence-electron chi connectivity index (χ1n) is 8.60. The minimum Gasteiger partial charge on any atom is -0.487 e. The summed E-state index contributed by atoms with van der Waals surface area (Å²) in [6, 6.07) is 15.2. The van der Waals surface area contributed by atoms with Crippen molar-refractivity contribution in [2.24, 2.45) is 0 Å². The Morgan fingerprint density at radius 2 is 2.00 bits per heavy atom. The van der Waals surface area contributed by atoms with Gasteiger partial charge < -0.3 is 15.0 Å². The molecule has 2 amide bonds. The highest BCUT2D eigenvalue weighted by atomic mass is 79.9. The van der Waals surface area contributed by atoms with Crippen LogP contribution in [0.15, 0.2) is 53.0 Å². The molecule has 1 aliphatic heterocycles. The fourth-order valence-corrected chi connectivity index (χ4v) is 3.36. The number of halogens is 1. The van der Waals surface area contributed by atoms with E-state index in [2.05, 4.69) is 21.2 Å². The lowest BCUT2D eigenvalue weighted by Crippen LogP contribution is -2.42. The molecule has 2 aromatic rings. The summed E-state index contributed by atoms with van der Waals surface area (Å²) in [7, 11) is 0. The number of hydrogen-bond acceptors (Lipinski definition) is 3. The number of nitrogens with one attached hydrogen (secondary N) is 1. The minimum absolute atomic E-state index is 0.0646. The van der Waals surface area contributed by atoms with Crippen LogP contribution in [0, 0.1) is 0 Å². The van der Waals surface area contributed by atoms with E-state index in [4.69, 9.17) is 4.74 Å². The Labute approximate surface area is 161 Å². The molecule has 136 valence electrons. The fraction of sp³-hybridized carbons (Fsp3) is 0.300. The first-order chi connectivity index (χ1) is 12.5. The summed E-state index contributed by atoms with van der Waals surface area (Å²) < 4.78 is 6.73. The Morgan fingerprint density at radius 3 is 2.81 bits per heavy atom. The molecular formula is C20H21BrN2O3. The summed E-state index contributed by atoms with van der Waals surface area (Å²) in [5.41, 5.74) is 1.78. The molecule has 1 aliphatic rings. The molecule has 0 aromatic heterocycles. The normalized spacial score (nSPS) is 15.8. The number of nitrogens with zero attached hydrogens (tertiary/aromatic N) is 1. The highest BCUT2D eigenvalue weighted by molar-refractivity contribution is 9.10. The number of amides is 2. The molecule has 0 aliphatic carbocycles. The van der Waals surface area contributed by atoms with Gasteiger partial charge in [-0.3, -0.25) is 9.59 Å². The van der Waals surface area contributed by atoms with Crippen molar-refractivity contribution >= 4 is 33.4 Å². The van der Waals surface area contributed by atoms with Gasteiger partial charge in [0, 0.05) is 23.9 Å². The van der Waals surface area contributed by atoms with Gasteiger partial charge in [-0.25, -0.2) is 0 Å². The number of anilines is 1. The summed E-state index contributed by atoms with van der Waals surface area (Å²) >= 11 is 3.41. The van der Waals surface area contributed by atoms with E-state index >= 15 is 0 Å². The first-order valence-corrected chi connectivity index (χ1v) is 9.39. The zero-order valence-electron chi connectivity index (χ0n) is 14.6. The van der Waals surface area contributed by atoms with Crippen molar-refractivity contribution in [1.82, 2.24) is 5.32 Å². The Bertz CT molecular complexity index is 809. The van der Waals surface area contributed by atoms with Crippen molar-refractivity contribution in [3.8, 4) is 5.75 Å². The van der Waals surface area contributed by atoms with Gasteiger partial charge in [0.15, 0.2) is 0 Å². The molecule has 0 fully saturated rings. The molecule has 26 heavy (non-hydrogen) atoms. The van der Waals surface area contributed by atoms with Gasteiger partial charge in [0.25, 0.3) is 0 Å². The highest BCUT2D eigenvalue weighted by Gasteiger charge is 2.27. The average molecular weight is 417 g/mol. The Balaban J connectivity index is 1.53. The zero-order chi connectivity index (χ0) is 18.5. The largest absolute Gasteiger partial charge is 0.487 e. The summed E-state index contributed by atoms with van der Waals surface area (Å²) in [5.74, 6) is 0.511. The number of ether oxygens (including phenoxy) is 1. The number of carbonyl (C=O) groups is 2. The minimum atomic E-state index is -0.132. The smallest absolute Gasteiger partial charge is 0.227 e. The maximum absolute atomic E-state index is 12.6. The third-order valence-electron chi connectivity index (χ3n) is 4.17. The molecule has 0 unspecified atom stereocenters. The molecule has 0 spiro atoms. The summed E-state index contributed by atoms with van der Waals surface area (Å²) in [5, 5.41) is 2.86. The van der Waals surface area contributed by atoms with Gasteiger partial charge in [0.1, 0.15) is 11.9 Å². The van der Waals surface area contributed by atoms with Crippen LogP contribution in [0.1, 0.15) is 25.3 Å². The molecule has 0 radical (unpaired) electrons. The third-order valence-corrected chi connectivity index (χ3v) is 4.66. The number of para-hydroxylation sites is 2. The molecule has 1 atom stereocenters. The van der Waals surface area contributed by atoms with Crippen molar-refractivity contribution in [2.45, 2.75) is 32.4 Å². The van der Waals surface area contributed by atoms with Crippen LogP contribution in [0.5, 0.6) is 5.75 Å². The van der Waals surface area contributed by atoms with Crippen LogP contribution in [0.2, 0.25) is 0 Å². The molecule has 0 bridgehead atoms. The summed E-state index contributed by atoms with van der Waals surface area (Å²) in [6.45, 7) is 2.88. The van der Waals surface area contributed by atoms with Crippen LogP contribution < -0.4 is 15.0 Å². The predicted octanol–water partition coefficient (Wildman–Crippen LogP) is 3.66. The van der Waals surface area contributed by atoms with E-state index in [0.29, 0.717) is 18.8 Å². The van der Waals surface area contributed by atoms with Crippen molar-refractivity contribution < 1.29 is 14.3 Å². The second-order valence-corrected chi connectivity index (χ2v) is 7.22. The van der Waals surface area contributed by atoms with Crippen molar-refractivity contribution in [2.75, 3.05) is 11.4 Å². The van der Waals surface area contributed by atoms with Crippen LogP contribution in [-0.2, 0) is 16.1 Å². The maximum atomic E-state index is 12.6. The van der Waals surface area contributed by atoms with Gasteiger partial charge in [0.05, 0.1) is 12.2 Å². The average Bonchev–Trinajstić information content (AvgIpc) is 2.63. The highest BCUT2D eigenvalue weighted by Crippen LogP contribution is 2.33. The third kappa shape index (κ3) is 4.64. The zero-order valence-corrected chi connectivity index (χ0v) is 16.2. The SMILES string of the molecule is C[C@H]1CN(C(=O)CCC(=O)NCc2cccc(Br)c2)c2ccccc2O1. The molecule has 6 heteroatoms. The van der Waals surface area contributed by atoms with Crippen LogP contribution in [0.4, 0.5) is 5.69 Å². The fourth-order valence-electron chi connectivity index (χ4n) is 2.92. The predicted molar refractivity (Wildman–Crippen MR) is 104 cm³/mol. The van der Waals surface area contributed by atoms with Crippen LogP contribution in [0.25, 0.3) is 0 Å². The lowest BCUT2D eigenvalue weighted by Gasteiger charge is -2.33. The molecular weight excluding hydrogens is 396 g/mol. The van der Waals surface area contributed by atoms with E-state index in [-0.39, 0.29) is 30.8 Å². The van der Waals surface area contributed by atoms with Gasteiger partial charge in [0.2, 0.25) is 11.8 Å². The monoisotopic (exact) mass is 416 g/mol. The van der Waals surface area contributed by atoms with Crippen molar-refractivity contribution in [3.63, 3.8) is 0 Å². The second kappa shape index (κ2) is 8.36. The molecule has 5 nitrogen and oxygen atoms in total. The Kier molecular flexibility index (Phi) is 5.93. The Hall–Kier alpha value is -2.34. The topological polar surface area (TPSA) is 58.6 Å². The number of fused-ring (bicyclic) bond motifs is 1. The van der Waals surface area contributed by atoms with Gasteiger partial charge in [-0.2, -0.15) is 0 Å². The lowest BCUT2D eigenvalue weighted by atomic mass is 10.1. The van der Waals surface area contributed by atoms with E-state index in [1.165, 1.54) is 0 Å². The molecule has 2 aromatic carbocycles. The van der Waals surface area contributed by atoms with Gasteiger partial charge in [-0.15, -0.1) is 0 Å². The van der Waals surface area contributed by atoms with Crippen LogP contribution in [0.3, 0.4) is 0 Å². The molecule has 1 heterocycles. The summed E-state index contributed by atoms with van der Waals surface area (Å²) in [6.07, 6.45) is 0.269. The second-order valence-electron chi connectivity index (χ2n) is 6.31. The van der Waals surface area contributed by atoms with Crippen molar-refractivity contribution in [3.05, 3.63) is 58.6 Å². The van der Waals surface area contributed by atoms with Crippen molar-refractivity contribution in [1.29, 1.82) is 0 Å². The van der Waals surface area contributed by atoms with E-state index in [9.17, 15) is 9.59 Å². The molecule has 0 saturated carbocycles. The van der Waals surface area contributed by atoms with Gasteiger partial charge in [-0.05, 0) is 36.8 Å². The number of benzene rings is 2. The van der Waals surface area contributed by atoms with Crippen LogP contribution >= 0.6 is 15.9 Å². The lowest BCUT2D eigenvalue weighted by molar-refractivity contribution is -0.125.